The third-order valence-electron chi connectivity index (χ3n) is 6.80. The molecular formula is C28H27Br2ClO. The van der Waals surface area contributed by atoms with Crippen LogP contribution in [-0.4, -0.2) is 5.11 Å². The van der Waals surface area contributed by atoms with Crippen LogP contribution in [0.1, 0.15) is 63.2 Å². The van der Waals surface area contributed by atoms with Crippen LogP contribution < -0.4 is 0 Å². The Balaban J connectivity index is 2.03. The van der Waals surface area contributed by atoms with Crippen molar-refractivity contribution >= 4 is 49.0 Å². The fourth-order valence-corrected chi connectivity index (χ4v) is 6.50. The van der Waals surface area contributed by atoms with Crippen LogP contribution >= 0.6 is 43.5 Å². The van der Waals surface area contributed by atoms with E-state index in [-0.39, 0.29) is 35.0 Å². The van der Waals surface area contributed by atoms with Crippen molar-refractivity contribution in [2.24, 2.45) is 0 Å². The highest BCUT2D eigenvalue weighted by atomic mass is 79.9. The Hall–Kier alpha value is -1.39. The monoisotopic (exact) mass is 576 g/mol. The first-order valence-corrected chi connectivity index (χ1v) is 12.5. The van der Waals surface area contributed by atoms with Gasteiger partial charge in [0.25, 0.3) is 0 Å². The van der Waals surface area contributed by atoms with E-state index in [2.05, 4.69) is 59.6 Å². The molecule has 2 unspecified atom stereocenters. The fourth-order valence-electron chi connectivity index (χ4n) is 4.78. The summed E-state index contributed by atoms with van der Waals surface area (Å²) >= 11 is 14.0. The number of halogens is 3. The first-order chi connectivity index (χ1) is 16.8. The molecule has 0 fully saturated rings. The van der Waals surface area contributed by atoms with Gasteiger partial charge in [0, 0.05) is 19.5 Å². The Kier molecular flexibility index (Phi) is 5.39. The van der Waals surface area contributed by atoms with Crippen LogP contribution in [0, 0.1) is 27.7 Å². The largest absolute Gasteiger partial charge is 0.381 e. The highest BCUT2D eigenvalue weighted by Crippen LogP contribution is 2.50. The molecular weight excluding hydrogens is 548 g/mol. The van der Waals surface area contributed by atoms with Gasteiger partial charge in [-0.15, -0.1) is 0 Å². The summed E-state index contributed by atoms with van der Waals surface area (Å²) in [6, 6.07) is 6.30. The highest BCUT2D eigenvalue weighted by molar-refractivity contribution is 9.10. The van der Waals surface area contributed by atoms with Crippen LogP contribution in [0.4, 0.5) is 0 Å². The predicted octanol–water partition coefficient (Wildman–Crippen LogP) is 8.95. The van der Waals surface area contributed by atoms with Gasteiger partial charge in [-0.25, -0.2) is 0 Å². The van der Waals surface area contributed by atoms with E-state index in [0.29, 0.717) is 6.42 Å². The lowest BCUT2D eigenvalue weighted by Gasteiger charge is -2.38. The fraction of sp³-hybridized carbons (Fsp3) is 0.286. The molecule has 1 aliphatic rings. The van der Waals surface area contributed by atoms with Crippen molar-refractivity contribution in [3.05, 3.63) is 107 Å². The molecule has 2 atom stereocenters. The molecule has 0 aliphatic heterocycles. The summed E-state index contributed by atoms with van der Waals surface area (Å²) in [4.78, 5) is 0. The third kappa shape index (κ3) is 4.14. The van der Waals surface area contributed by atoms with Gasteiger partial charge in [-0.2, -0.15) is 0 Å². The molecule has 0 saturated carbocycles. The second kappa shape index (κ2) is 9.10. The van der Waals surface area contributed by atoms with Crippen molar-refractivity contribution in [2.75, 3.05) is 0 Å². The standard InChI is InChI=1S/C28H27Br2ClO/c1-16-17(2)19(4)27(30)26(18(16)3)21-13-20(22-9-5-7-11-24(22)29)14-28(32,15-21)23-10-6-8-12-25(23)31/h5-12,14,21,32H,13,15H2,1-4H3/i6D,8D,10D,12D. The van der Waals surface area contributed by atoms with Crippen molar-refractivity contribution in [1.29, 1.82) is 0 Å². The molecule has 0 heterocycles. The molecule has 0 aromatic heterocycles. The normalized spacial score (nSPS) is 22.6. The Bertz CT molecular complexity index is 1380. The lowest BCUT2D eigenvalue weighted by molar-refractivity contribution is 0.0671. The van der Waals surface area contributed by atoms with E-state index in [1.807, 2.05) is 24.3 Å². The van der Waals surface area contributed by atoms with Crippen molar-refractivity contribution in [3.63, 3.8) is 0 Å². The van der Waals surface area contributed by atoms with Crippen LogP contribution in [0.3, 0.4) is 0 Å². The third-order valence-corrected chi connectivity index (χ3v) is 8.79. The van der Waals surface area contributed by atoms with Gasteiger partial charge in [-0.1, -0.05) is 79.8 Å². The van der Waals surface area contributed by atoms with Crippen LogP contribution in [0.5, 0.6) is 0 Å². The van der Waals surface area contributed by atoms with E-state index in [0.717, 1.165) is 36.8 Å². The average Bonchev–Trinajstić information content (AvgIpc) is 2.84. The number of benzene rings is 3. The van der Waals surface area contributed by atoms with Crippen LogP contribution in [0.25, 0.3) is 5.57 Å². The molecule has 1 N–H and O–H groups in total. The minimum Gasteiger partial charge on any atom is -0.381 e. The van der Waals surface area contributed by atoms with Crippen molar-refractivity contribution in [2.45, 2.75) is 52.1 Å². The SMILES string of the molecule is [2H]c1c([2H])c([2H])c(C2(O)C=C(c3ccccc3Br)CC(c3c(C)c(C)c(C)c(C)c3Br)C2)c(Cl)c1[2H]. The van der Waals surface area contributed by atoms with Gasteiger partial charge in [0.15, 0.2) is 0 Å². The maximum atomic E-state index is 12.2. The Morgan fingerprint density at radius 3 is 2.38 bits per heavy atom. The molecule has 4 rings (SSSR count). The molecule has 0 saturated heterocycles. The summed E-state index contributed by atoms with van der Waals surface area (Å²) in [6.07, 6.45) is 2.60. The zero-order chi connectivity index (χ0) is 26.7. The van der Waals surface area contributed by atoms with E-state index >= 15 is 0 Å². The van der Waals surface area contributed by atoms with Gasteiger partial charge in [-0.05, 0) is 104 Å². The number of aliphatic hydroxyl groups is 1. The summed E-state index contributed by atoms with van der Waals surface area (Å²) < 4.78 is 35.0. The summed E-state index contributed by atoms with van der Waals surface area (Å²) in [7, 11) is 0. The lowest BCUT2D eigenvalue weighted by Crippen LogP contribution is -2.31. The van der Waals surface area contributed by atoms with Gasteiger partial charge >= 0.3 is 0 Å². The number of rotatable bonds is 3. The molecule has 3 aromatic carbocycles. The van der Waals surface area contributed by atoms with Crippen LogP contribution in [-0.2, 0) is 5.60 Å². The van der Waals surface area contributed by atoms with Crippen molar-refractivity contribution < 1.29 is 10.6 Å². The van der Waals surface area contributed by atoms with Crippen molar-refractivity contribution in [3.8, 4) is 0 Å². The quantitative estimate of drug-likeness (QED) is 0.329. The molecule has 1 aliphatic carbocycles. The zero-order valence-corrected chi connectivity index (χ0v) is 22.4. The number of hydrogen-bond acceptors (Lipinski definition) is 1. The first kappa shape index (κ1) is 19.0. The van der Waals surface area contributed by atoms with Crippen LogP contribution in [0.2, 0.25) is 5.02 Å². The zero-order valence-electron chi connectivity index (χ0n) is 22.5. The van der Waals surface area contributed by atoms with E-state index in [1.54, 1.807) is 6.08 Å². The summed E-state index contributed by atoms with van der Waals surface area (Å²) in [5.74, 6) is -0.135. The van der Waals surface area contributed by atoms with Gasteiger partial charge in [0.1, 0.15) is 5.60 Å². The second-order valence-corrected chi connectivity index (χ2v) is 10.6. The van der Waals surface area contributed by atoms with Gasteiger partial charge in [0.05, 0.1) is 5.48 Å². The molecule has 4 heteroatoms. The summed E-state index contributed by atoms with van der Waals surface area (Å²) in [5, 5.41) is 12.1. The second-order valence-electron chi connectivity index (χ2n) is 8.60. The predicted molar refractivity (Wildman–Crippen MR) is 143 cm³/mol. The van der Waals surface area contributed by atoms with E-state index in [9.17, 15) is 5.11 Å². The van der Waals surface area contributed by atoms with Crippen LogP contribution in [0.15, 0.2) is 63.5 Å². The Labute approximate surface area is 218 Å². The van der Waals surface area contributed by atoms with E-state index in [1.165, 1.54) is 11.1 Å². The van der Waals surface area contributed by atoms with E-state index < -0.39 is 17.7 Å². The molecule has 0 radical (unpaired) electrons. The molecule has 0 bridgehead atoms. The van der Waals surface area contributed by atoms with Gasteiger partial charge < -0.3 is 5.11 Å². The first-order valence-electron chi connectivity index (χ1n) is 12.5. The van der Waals surface area contributed by atoms with Gasteiger partial charge in [0.2, 0.25) is 0 Å². The molecule has 32 heavy (non-hydrogen) atoms. The summed E-state index contributed by atoms with van der Waals surface area (Å²) in [6.45, 7) is 8.39. The molecule has 166 valence electrons. The van der Waals surface area contributed by atoms with Gasteiger partial charge in [-0.3, -0.25) is 0 Å². The smallest absolute Gasteiger partial charge is 0.110 e. The highest BCUT2D eigenvalue weighted by Gasteiger charge is 2.39. The number of allylic oxidation sites excluding steroid dienone is 1. The topological polar surface area (TPSA) is 20.2 Å². The maximum absolute atomic E-state index is 12.2. The van der Waals surface area contributed by atoms with Crippen molar-refractivity contribution in [1.82, 2.24) is 0 Å². The Morgan fingerprint density at radius 2 is 1.66 bits per heavy atom. The van der Waals surface area contributed by atoms with E-state index in [4.69, 9.17) is 17.1 Å². The summed E-state index contributed by atoms with van der Waals surface area (Å²) in [5.41, 5.74) is 5.92. The Morgan fingerprint density at radius 1 is 1.00 bits per heavy atom. The molecule has 3 aromatic rings. The maximum Gasteiger partial charge on any atom is 0.110 e. The average molecular weight is 579 g/mol. The minimum absolute atomic E-state index is 0.0127. The lowest BCUT2D eigenvalue weighted by atomic mass is 9.70. The molecule has 0 amide bonds. The minimum atomic E-state index is -1.71. The molecule has 0 spiro atoms. The number of hydrogen-bond donors (Lipinski definition) is 1. The molecule has 1 nitrogen and oxygen atoms in total.